The van der Waals surface area contributed by atoms with E-state index in [0.29, 0.717) is 24.5 Å². The van der Waals surface area contributed by atoms with Crippen LogP contribution in [0.2, 0.25) is 0 Å². The lowest BCUT2D eigenvalue weighted by Gasteiger charge is -2.10. The minimum atomic E-state index is 0.383. The van der Waals surface area contributed by atoms with Crippen molar-refractivity contribution in [1.82, 2.24) is 15.5 Å². The zero-order valence-electron chi connectivity index (χ0n) is 11.8. The molecule has 0 aliphatic carbocycles. The van der Waals surface area contributed by atoms with Crippen LogP contribution in [0, 0.1) is 0 Å². The molecule has 1 aromatic heterocycles. The molecule has 1 atom stereocenters. The second kappa shape index (κ2) is 8.91. The van der Waals surface area contributed by atoms with Gasteiger partial charge in [-0.1, -0.05) is 38.2 Å². The van der Waals surface area contributed by atoms with Gasteiger partial charge in [0, 0.05) is 6.04 Å². The van der Waals surface area contributed by atoms with Gasteiger partial charge in [0.2, 0.25) is 5.89 Å². The predicted octanol–water partition coefficient (Wildman–Crippen LogP) is 2.95. The van der Waals surface area contributed by atoms with Crippen molar-refractivity contribution < 1.29 is 4.42 Å². The lowest BCUT2D eigenvalue weighted by atomic mass is 10.1. The second-order valence-electron chi connectivity index (χ2n) is 4.72. The van der Waals surface area contributed by atoms with Crippen LogP contribution in [-0.4, -0.2) is 22.8 Å². The summed E-state index contributed by atoms with van der Waals surface area (Å²) < 4.78 is 5.51. The van der Waals surface area contributed by atoms with Crippen molar-refractivity contribution in [2.24, 2.45) is 0 Å². The molecule has 104 valence electrons. The maximum absolute atomic E-state index is 5.51. The smallest absolute Gasteiger partial charge is 0.315 e. The topological polar surface area (TPSA) is 63.0 Å². The quantitative estimate of drug-likeness (QED) is 0.628. The van der Waals surface area contributed by atoms with Gasteiger partial charge >= 0.3 is 6.01 Å². The van der Waals surface area contributed by atoms with Crippen LogP contribution >= 0.6 is 0 Å². The average Bonchev–Trinajstić information content (AvgIpc) is 2.77. The molecule has 0 aliphatic heterocycles. The fourth-order valence-electron chi connectivity index (χ4n) is 1.74. The molecule has 0 radical (unpaired) electrons. The number of nitrogens with one attached hydrogen (secondary N) is 2. The Bertz CT molecular complexity index is 314. The summed E-state index contributed by atoms with van der Waals surface area (Å²) in [6, 6.07) is 0.917. The molecule has 0 saturated heterocycles. The SMILES string of the molecule is CCCCCC(C)Nc1nnc(CNCCC)o1. The molecular formula is C13H26N4O. The van der Waals surface area contributed by atoms with Crippen molar-refractivity contribution in [2.75, 3.05) is 11.9 Å². The molecule has 0 bridgehead atoms. The standard InChI is InChI=1S/C13H26N4O/c1-4-6-7-8-11(3)15-13-17-16-12(18-13)10-14-9-5-2/h11,14H,4-10H2,1-3H3,(H,15,17). The third kappa shape index (κ3) is 6.00. The van der Waals surface area contributed by atoms with E-state index >= 15 is 0 Å². The summed E-state index contributed by atoms with van der Waals surface area (Å²) in [4.78, 5) is 0. The van der Waals surface area contributed by atoms with Crippen LogP contribution in [-0.2, 0) is 6.54 Å². The van der Waals surface area contributed by atoms with E-state index < -0.39 is 0 Å². The van der Waals surface area contributed by atoms with E-state index in [1.165, 1.54) is 19.3 Å². The van der Waals surface area contributed by atoms with Crippen molar-refractivity contribution in [3.8, 4) is 0 Å². The number of anilines is 1. The number of rotatable bonds is 10. The van der Waals surface area contributed by atoms with Gasteiger partial charge in [-0.2, -0.15) is 0 Å². The lowest BCUT2D eigenvalue weighted by molar-refractivity contribution is 0.470. The number of unbranched alkanes of at least 4 members (excludes halogenated alkanes) is 2. The molecule has 5 nitrogen and oxygen atoms in total. The largest absolute Gasteiger partial charge is 0.407 e. The van der Waals surface area contributed by atoms with Crippen LogP contribution < -0.4 is 10.6 Å². The second-order valence-corrected chi connectivity index (χ2v) is 4.72. The molecule has 1 heterocycles. The van der Waals surface area contributed by atoms with Crippen molar-refractivity contribution in [3.05, 3.63) is 5.89 Å². The zero-order valence-corrected chi connectivity index (χ0v) is 11.8. The first-order chi connectivity index (χ1) is 8.76. The fraction of sp³-hybridized carbons (Fsp3) is 0.846. The average molecular weight is 254 g/mol. The van der Waals surface area contributed by atoms with E-state index in [1.807, 2.05) is 0 Å². The van der Waals surface area contributed by atoms with Gasteiger partial charge in [-0.15, -0.1) is 5.10 Å². The third-order valence-electron chi connectivity index (χ3n) is 2.78. The molecule has 0 fully saturated rings. The molecular weight excluding hydrogens is 228 g/mol. The van der Waals surface area contributed by atoms with E-state index in [2.05, 4.69) is 41.6 Å². The van der Waals surface area contributed by atoms with E-state index in [1.54, 1.807) is 0 Å². The Kier molecular flexibility index (Phi) is 7.41. The first kappa shape index (κ1) is 15.0. The Morgan fingerprint density at radius 2 is 2.00 bits per heavy atom. The number of hydrogen-bond acceptors (Lipinski definition) is 5. The Balaban J connectivity index is 2.25. The lowest BCUT2D eigenvalue weighted by Crippen LogP contribution is -2.15. The van der Waals surface area contributed by atoms with Crippen molar-refractivity contribution >= 4 is 6.01 Å². The molecule has 5 heteroatoms. The highest BCUT2D eigenvalue weighted by atomic mass is 16.4. The van der Waals surface area contributed by atoms with Gasteiger partial charge in [0.25, 0.3) is 0 Å². The highest BCUT2D eigenvalue weighted by Gasteiger charge is 2.08. The Labute approximate surface area is 110 Å². The Morgan fingerprint density at radius 3 is 2.72 bits per heavy atom. The molecule has 1 rings (SSSR count). The van der Waals surface area contributed by atoms with Crippen LogP contribution in [0.1, 0.15) is 58.8 Å². The van der Waals surface area contributed by atoms with E-state index in [-0.39, 0.29) is 0 Å². The van der Waals surface area contributed by atoms with Crippen molar-refractivity contribution in [3.63, 3.8) is 0 Å². The van der Waals surface area contributed by atoms with Gasteiger partial charge in [-0.05, 0) is 26.3 Å². The molecule has 18 heavy (non-hydrogen) atoms. The predicted molar refractivity (Wildman–Crippen MR) is 73.5 cm³/mol. The number of nitrogens with zero attached hydrogens (tertiary/aromatic N) is 2. The normalized spacial score (nSPS) is 12.6. The van der Waals surface area contributed by atoms with Crippen LogP contribution in [0.4, 0.5) is 6.01 Å². The maximum atomic E-state index is 5.51. The van der Waals surface area contributed by atoms with Gasteiger partial charge in [-0.3, -0.25) is 0 Å². The maximum Gasteiger partial charge on any atom is 0.315 e. The molecule has 2 N–H and O–H groups in total. The summed E-state index contributed by atoms with van der Waals surface area (Å²) in [5.74, 6) is 0.645. The van der Waals surface area contributed by atoms with E-state index in [4.69, 9.17) is 4.42 Å². The zero-order chi connectivity index (χ0) is 13.2. The van der Waals surface area contributed by atoms with Gasteiger partial charge in [0.15, 0.2) is 0 Å². The third-order valence-corrected chi connectivity index (χ3v) is 2.78. The monoisotopic (exact) mass is 254 g/mol. The summed E-state index contributed by atoms with van der Waals surface area (Å²) >= 11 is 0. The van der Waals surface area contributed by atoms with Crippen LogP contribution in [0.15, 0.2) is 4.42 Å². The van der Waals surface area contributed by atoms with Crippen molar-refractivity contribution in [2.45, 2.75) is 65.5 Å². The highest BCUT2D eigenvalue weighted by molar-refractivity contribution is 5.18. The highest BCUT2D eigenvalue weighted by Crippen LogP contribution is 2.10. The summed E-state index contributed by atoms with van der Waals surface area (Å²) in [5, 5.41) is 14.5. The first-order valence-electron chi connectivity index (χ1n) is 7.05. The van der Waals surface area contributed by atoms with Crippen LogP contribution in [0.5, 0.6) is 0 Å². The van der Waals surface area contributed by atoms with E-state index in [9.17, 15) is 0 Å². The molecule has 0 saturated carbocycles. The minimum Gasteiger partial charge on any atom is -0.407 e. The van der Waals surface area contributed by atoms with Gasteiger partial charge in [0.05, 0.1) is 6.54 Å². The Morgan fingerprint density at radius 1 is 1.17 bits per heavy atom. The van der Waals surface area contributed by atoms with E-state index in [0.717, 1.165) is 19.4 Å². The summed E-state index contributed by atoms with van der Waals surface area (Å²) in [5.41, 5.74) is 0. The first-order valence-corrected chi connectivity index (χ1v) is 7.05. The number of aromatic nitrogens is 2. The van der Waals surface area contributed by atoms with Crippen LogP contribution in [0.3, 0.4) is 0 Å². The summed E-state index contributed by atoms with van der Waals surface area (Å²) in [6.07, 6.45) is 6.01. The van der Waals surface area contributed by atoms with Gasteiger partial charge in [-0.25, -0.2) is 0 Å². The molecule has 0 amide bonds. The van der Waals surface area contributed by atoms with Gasteiger partial charge < -0.3 is 15.1 Å². The minimum absolute atomic E-state index is 0.383. The Hall–Kier alpha value is -1.10. The van der Waals surface area contributed by atoms with Crippen molar-refractivity contribution in [1.29, 1.82) is 0 Å². The van der Waals surface area contributed by atoms with Gasteiger partial charge in [0.1, 0.15) is 0 Å². The summed E-state index contributed by atoms with van der Waals surface area (Å²) in [7, 11) is 0. The molecule has 0 aromatic carbocycles. The number of hydrogen-bond donors (Lipinski definition) is 2. The fourth-order valence-corrected chi connectivity index (χ4v) is 1.74. The van der Waals surface area contributed by atoms with Crippen LogP contribution in [0.25, 0.3) is 0 Å². The molecule has 1 aromatic rings. The summed E-state index contributed by atoms with van der Waals surface area (Å²) in [6.45, 7) is 8.11. The molecule has 0 spiro atoms. The molecule has 0 aliphatic rings. The molecule has 1 unspecified atom stereocenters.